The molecule has 4 rings (SSSR count). The van der Waals surface area contributed by atoms with Crippen molar-refractivity contribution in [1.82, 2.24) is 5.32 Å². The molecule has 0 radical (unpaired) electrons. The van der Waals surface area contributed by atoms with Gasteiger partial charge in [-0.15, -0.1) is 0 Å². The first-order valence-electron chi connectivity index (χ1n) is 11.5. The van der Waals surface area contributed by atoms with Crippen molar-refractivity contribution in [2.45, 2.75) is 39.0 Å². The Morgan fingerprint density at radius 2 is 1.34 bits per heavy atom. The smallest absolute Gasteiger partial charge is 0.251 e. The van der Waals surface area contributed by atoms with Gasteiger partial charge < -0.3 is 5.32 Å². The maximum atomic E-state index is 13.4. The molecule has 0 unspecified atom stereocenters. The van der Waals surface area contributed by atoms with Crippen LogP contribution in [-0.2, 0) is 0 Å². The molecule has 1 aliphatic carbocycles. The zero-order valence-corrected chi connectivity index (χ0v) is 18.4. The third-order valence-corrected chi connectivity index (χ3v) is 6.45. The van der Waals surface area contributed by atoms with Crippen LogP contribution in [0, 0.1) is 23.5 Å². The van der Waals surface area contributed by atoms with Crippen LogP contribution in [0.4, 0.5) is 8.78 Å². The Morgan fingerprint density at radius 3 is 1.88 bits per heavy atom. The highest BCUT2D eigenvalue weighted by atomic mass is 19.1. The van der Waals surface area contributed by atoms with E-state index in [1.165, 1.54) is 56.4 Å². The molecule has 166 valence electrons. The standard InChI is InChI=1S/C28H29F2NO/c1-2-3-19-4-5-20(14-19)18-31-28(32)25-16-23(21-6-10-26(29)11-7-21)15-24(17-25)22-8-12-27(30)13-9-22/h6-13,15-17,19-20H,2-5,14,18H2,1H3,(H,31,32)/t19-,20+/m1/s1. The van der Waals surface area contributed by atoms with E-state index in [2.05, 4.69) is 12.2 Å². The molecule has 1 amide bonds. The molecule has 2 atom stereocenters. The van der Waals surface area contributed by atoms with Crippen LogP contribution in [0.2, 0.25) is 0 Å². The number of carbonyl (C=O) groups excluding carboxylic acids is 1. The third kappa shape index (κ3) is 5.42. The lowest BCUT2D eigenvalue weighted by Gasteiger charge is -2.14. The van der Waals surface area contributed by atoms with Crippen molar-refractivity contribution < 1.29 is 13.6 Å². The molecule has 2 nitrogen and oxygen atoms in total. The van der Waals surface area contributed by atoms with Gasteiger partial charge in [0.2, 0.25) is 0 Å². The fourth-order valence-electron chi connectivity index (χ4n) is 4.75. The van der Waals surface area contributed by atoms with Crippen molar-refractivity contribution in [3.05, 3.63) is 83.9 Å². The Labute approximate surface area is 188 Å². The van der Waals surface area contributed by atoms with E-state index in [1.807, 2.05) is 18.2 Å². The first-order chi connectivity index (χ1) is 15.5. The van der Waals surface area contributed by atoms with E-state index in [1.54, 1.807) is 24.3 Å². The van der Waals surface area contributed by atoms with Crippen LogP contribution in [0.25, 0.3) is 22.3 Å². The number of hydrogen-bond donors (Lipinski definition) is 1. The summed E-state index contributed by atoms with van der Waals surface area (Å²) < 4.78 is 26.8. The average molecular weight is 434 g/mol. The van der Waals surface area contributed by atoms with E-state index in [0.29, 0.717) is 18.0 Å². The molecule has 1 N–H and O–H groups in total. The fraction of sp³-hybridized carbons (Fsp3) is 0.321. The van der Waals surface area contributed by atoms with Gasteiger partial charge in [0.05, 0.1) is 0 Å². The van der Waals surface area contributed by atoms with Crippen molar-refractivity contribution >= 4 is 5.91 Å². The van der Waals surface area contributed by atoms with E-state index < -0.39 is 0 Å². The molecule has 0 heterocycles. The Balaban J connectivity index is 1.58. The molecule has 3 aromatic rings. The van der Waals surface area contributed by atoms with E-state index in [4.69, 9.17) is 0 Å². The van der Waals surface area contributed by atoms with Gasteiger partial charge in [-0.1, -0.05) is 50.5 Å². The second-order valence-electron chi connectivity index (χ2n) is 8.86. The zero-order chi connectivity index (χ0) is 22.5. The summed E-state index contributed by atoms with van der Waals surface area (Å²) in [6.45, 7) is 2.91. The number of nitrogens with one attached hydrogen (secondary N) is 1. The fourth-order valence-corrected chi connectivity index (χ4v) is 4.75. The summed E-state index contributed by atoms with van der Waals surface area (Å²) >= 11 is 0. The molecule has 1 aliphatic rings. The molecular weight excluding hydrogens is 404 g/mol. The Hall–Kier alpha value is -3.01. The highest BCUT2D eigenvalue weighted by Crippen LogP contribution is 2.33. The Kier molecular flexibility index (Phi) is 6.99. The summed E-state index contributed by atoms with van der Waals surface area (Å²) in [7, 11) is 0. The molecule has 1 fully saturated rings. The van der Waals surface area contributed by atoms with Gasteiger partial charge in [-0.3, -0.25) is 4.79 Å². The Morgan fingerprint density at radius 1 is 0.812 bits per heavy atom. The van der Waals surface area contributed by atoms with Gasteiger partial charge in [0, 0.05) is 12.1 Å². The molecular formula is C28H29F2NO. The maximum absolute atomic E-state index is 13.4. The van der Waals surface area contributed by atoms with Crippen LogP contribution in [0.1, 0.15) is 49.4 Å². The number of amides is 1. The Bertz CT molecular complexity index is 996. The minimum Gasteiger partial charge on any atom is -0.352 e. The van der Waals surface area contributed by atoms with Gasteiger partial charge in [-0.2, -0.15) is 0 Å². The minimum absolute atomic E-state index is 0.115. The molecule has 0 saturated heterocycles. The van der Waals surface area contributed by atoms with Crippen molar-refractivity contribution in [3.63, 3.8) is 0 Å². The normalized spacial score (nSPS) is 18.0. The van der Waals surface area contributed by atoms with Gasteiger partial charge >= 0.3 is 0 Å². The highest BCUT2D eigenvalue weighted by Gasteiger charge is 2.24. The zero-order valence-electron chi connectivity index (χ0n) is 18.4. The van der Waals surface area contributed by atoms with Crippen molar-refractivity contribution in [2.24, 2.45) is 11.8 Å². The summed E-state index contributed by atoms with van der Waals surface area (Å²) in [6, 6.07) is 18.1. The van der Waals surface area contributed by atoms with Crippen molar-refractivity contribution in [2.75, 3.05) is 6.54 Å². The summed E-state index contributed by atoms with van der Waals surface area (Å²) in [5.74, 6) is 0.594. The molecule has 1 saturated carbocycles. The lowest BCUT2D eigenvalue weighted by Crippen LogP contribution is -2.28. The number of rotatable bonds is 7. The molecule has 0 spiro atoms. The number of hydrogen-bond acceptors (Lipinski definition) is 1. The molecule has 0 aromatic heterocycles. The van der Waals surface area contributed by atoms with E-state index >= 15 is 0 Å². The lowest BCUT2D eigenvalue weighted by molar-refractivity contribution is 0.0947. The average Bonchev–Trinajstić information content (AvgIpc) is 3.26. The predicted molar refractivity (Wildman–Crippen MR) is 125 cm³/mol. The number of carbonyl (C=O) groups is 1. The maximum Gasteiger partial charge on any atom is 0.251 e. The third-order valence-electron chi connectivity index (χ3n) is 6.45. The van der Waals surface area contributed by atoms with Gasteiger partial charge in [-0.25, -0.2) is 8.78 Å². The summed E-state index contributed by atoms with van der Waals surface area (Å²) in [6.07, 6.45) is 6.09. The number of benzene rings is 3. The van der Waals surface area contributed by atoms with Crippen LogP contribution >= 0.6 is 0 Å². The summed E-state index contributed by atoms with van der Waals surface area (Å²) in [5.41, 5.74) is 3.83. The molecule has 32 heavy (non-hydrogen) atoms. The van der Waals surface area contributed by atoms with Crippen molar-refractivity contribution in [1.29, 1.82) is 0 Å². The molecule has 0 aliphatic heterocycles. The first kappa shape index (κ1) is 22.2. The summed E-state index contributed by atoms with van der Waals surface area (Å²) in [5, 5.41) is 3.12. The van der Waals surface area contributed by atoms with Gasteiger partial charge in [0.15, 0.2) is 0 Å². The van der Waals surface area contributed by atoms with Crippen LogP contribution in [0.15, 0.2) is 66.7 Å². The lowest BCUT2D eigenvalue weighted by atomic mass is 9.95. The monoisotopic (exact) mass is 433 g/mol. The molecule has 4 heteroatoms. The summed E-state index contributed by atoms with van der Waals surface area (Å²) in [4.78, 5) is 13.1. The predicted octanol–water partition coefficient (Wildman–Crippen LogP) is 7.25. The molecule has 0 bridgehead atoms. The van der Waals surface area contributed by atoms with Gasteiger partial charge in [-0.05, 0) is 89.4 Å². The van der Waals surface area contributed by atoms with Crippen LogP contribution in [-0.4, -0.2) is 12.5 Å². The van der Waals surface area contributed by atoms with Crippen LogP contribution in [0.5, 0.6) is 0 Å². The number of halogens is 2. The largest absolute Gasteiger partial charge is 0.352 e. The van der Waals surface area contributed by atoms with Crippen LogP contribution < -0.4 is 5.32 Å². The highest BCUT2D eigenvalue weighted by molar-refractivity contribution is 5.97. The SMILES string of the molecule is CCC[C@@H]1CC[C@H](CNC(=O)c2cc(-c3ccc(F)cc3)cc(-c3ccc(F)cc3)c2)C1. The van der Waals surface area contributed by atoms with Gasteiger partial charge in [0.1, 0.15) is 11.6 Å². The van der Waals surface area contributed by atoms with Crippen molar-refractivity contribution in [3.8, 4) is 22.3 Å². The minimum atomic E-state index is -0.306. The topological polar surface area (TPSA) is 29.1 Å². The van der Waals surface area contributed by atoms with E-state index in [0.717, 1.165) is 28.2 Å². The van der Waals surface area contributed by atoms with Gasteiger partial charge in [0.25, 0.3) is 5.91 Å². The van der Waals surface area contributed by atoms with Crippen LogP contribution in [0.3, 0.4) is 0 Å². The first-order valence-corrected chi connectivity index (χ1v) is 11.5. The second kappa shape index (κ2) is 10.1. The van der Waals surface area contributed by atoms with E-state index in [9.17, 15) is 13.6 Å². The van der Waals surface area contributed by atoms with E-state index in [-0.39, 0.29) is 17.5 Å². The molecule has 3 aromatic carbocycles. The second-order valence-corrected chi connectivity index (χ2v) is 8.86. The quantitative estimate of drug-likeness (QED) is 0.418.